The van der Waals surface area contributed by atoms with E-state index in [1.165, 1.54) is 12.1 Å². The number of carbonyl (C=O) groups is 1. The molecule has 0 atom stereocenters. The van der Waals surface area contributed by atoms with Crippen LogP contribution in [0.1, 0.15) is 19.8 Å². The number of ether oxygens (including phenoxy) is 1. The Morgan fingerprint density at radius 3 is 2.50 bits per heavy atom. The van der Waals surface area contributed by atoms with Crippen molar-refractivity contribution < 1.29 is 22.3 Å². The third kappa shape index (κ3) is 4.17. The molecule has 1 fully saturated rings. The van der Waals surface area contributed by atoms with Crippen LogP contribution in [0.2, 0.25) is 0 Å². The number of rotatable bonds is 5. The quantitative estimate of drug-likeness (QED) is 0.813. The van der Waals surface area contributed by atoms with Gasteiger partial charge in [-0.1, -0.05) is 0 Å². The molecule has 1 aliphatic rings. The van der Waals surface area contributed by atoms with Crippen LogP contribution in [0.3, 0.4) is 0 Å². The summed E-state index contributed by atoms with van der Waals surface area (Å²) in [4.78, 5) is 12.6. The van der Waals surface area contributed by atoms with Crippen molar-refractivity contribution in [3.63, 3.8) is 0 Å². The molecule has 2 N–H and O–H groups in total. The normalized spacial score (nSPS) is 16.8. The monoisotopic (exact) mass is 380 g/mol. The summed E-state index contributed by atoms with van der Waals surface area (Å²) in [5, 5.41) is 5.57. The maximum Gasteiger partial charge on any atom is 0.245 e. The first-order valence-electron chi connectivity index (χ1n) is 7.44. The number of nitrogens with one attached hydrogen (secondary N) is 2. The van der Waals surface area contributed by atoms with E-state index in [9.17, 15) is 17.6 Å². The van der Waals surface area contributed by atoms with Gasteiger partial charge in [-0.3, -0.25) is 4.79 Å². The van der Waals surface area contributed by atoms with Crippen molar-refractivity contribution in [2.75, 3.05) is 31.3 Å². The van der Waals surface area contributed by atoms with Gasteiger partial charge in [-0.15, -0.1) is 12.4 Å². The molecule has 1 aromatic carbocycles. The van der Waals surface area contributed by atoms with Crippen molar-refractivity contribution in [2.24, 2.45) is 0 Å². The van der Waals surface area contributed by atoms with Crippen molar-refractivity contribution in [3.05, 3.63) is 24.0 Å². The van der Waals surface area contributed by atoms with Crippen molar-refractivity contribution in [1.29, 1.82) is 0 Å². The third-order valence-corrected chi connectivity index (χ3v) is 6.04. The summed E-state index contributed by atoms with van der Waals surface area (Å²) in [6, 6.07) is 4.02. The molecule has 0 aliphatic carbocycles. The van der Waals surface area contributed by atoms with E-state index in [0.717, 1.165) is 12.3 Å². The van der Waals surface area contributed by atoms with Crippen molar-refractivity contribution in [3.8, 4) is 5.75 Å². The summed E-state index contributed by atoms with van der Waals surface area (Å²) in [6.45, 7) is 2.95. The Morgan fingerprint density at radius 1 is 1.38 bits per heavy atom. The summed E-state index contributed by atoms with van der Waals surface area (Å²) in [7, 11) is -3.60. The minimum absolute atomic E-state index is 0. The summed E-state index contributed by atoms with van der Waals surface area (Å²) in [5.74, 6) is -1.14. The number of hydrogen-bond donors (Lipinski definition) is 2. The molecule has 0 unspecified atom stereocenters. The van der Waals surface area contributed by atoms with Gasteiger partial charge in [0, 0.05) is 18.0 Å². The number of piperidine rings is 1. The standard InChI is InChI=1S/C15H21FN2O4S.ClH/c1-3-22-13-5-4-11(10-12(13)16)18-14(19)15(23(2,20)21)6-8-17-9-7-15;/h4-5,10,17H,3,6-9H2,1-2H3,(H,18,19);1H. The molecular formula is C15H22ClFN2O4S. The van der Waals surface area contributed by atoms with Gasteiger partial charge in [-0.25, -0.2) is 12.8 Å². The van der Waals surface area contributed by atoms with Crippen LogP contribution in [-0.2, 0) is 14.6 Å². The molecule has 2 rings (SSSR count). The van der Waals surface area contributed by atoms with Gasteiger partial charge >= 0.3 is 0 Å². The van der Waals surface area contributed by atoms with E-state index in [0.29, 0.717) is 19.7 Å². The molecule has 0 aromatic heterocycles. The minimum Gasteiger partial charge on any atom is -0.491 e. The van der Waals surface area contributed by atoms with Crippen LogP contribution in [0.25, 0.3) is 0 Å². The van der Waals surface area contributed by atoms with Gasteiger partial charge in [0.15, 0.2) is 26.2 Å². The first kappa shape index (κ1) is 20.7. The molecule has 24 heavy (non-hydrogen) atoms. The highest BCUT2D eigenvalue weighted by atomic mass is 35.5. The number of hydrogen-bond acceptors (Lipinski definition) is 5. The number of amides is 1. The molecule has 9 heteroatoms. The Balaban J connectivity index is 0.00000288. The lowest BCUT2D eigenvalue weighted by Crippen LogP contribution is -2.55. The molecule has 1 aliphatic heterocycles. The van der Waals surface area contributed by atoms with E-state index in [-0.39, 0.29) is 36.7 Å². The molecule has 1 heterocycles. The molecule has 6 nitrogen and oxygen atoms in total. The molecule has 1 saturated heterocycles. The van der Waals surface area contributed by atoms with Crippen LogP contribution < -0.4 is 15.4 Å². The number of anilines is 1. The average Bonchev–Trinajstić information content (AvgIpc) is 2.49. The molecule has 136 valence electrons. The predicted octanol–water partition coefficient (Wildman–Crippen LogP) is 1.75. The summed E-state index contributed by atoms with van der Waals surface area (Å²) < 4.78 is 41.8. The SMILES string of the molecule is CCOc1ccc(NC(=O)C2(S(C)(=O)=O)CCNCC2)cc1F.Cl. The Hall–Kier alpha value is -1.38. The lowest BCUT2D eigenvalue weighted by Gasteiger charge is -2.34. The van der Waals surface area contributed by atoms with E-state index in [4.69, 9.17) is 4.74 Å². The maximum absolute atomic E-state index is 13.9. The molecule has 0 bridgehead atoms. The van der Waals surface area contributed by atoms with Crippen molar-refractivity contribution in [1.82, 2.24) is 5.32 Å². The van der Waals surface area contributed by atoms with Gasteiger partial charge in [0.05, 0.1) is 6.61 Å². The van der Waals surface area contributed by atoms with Crippen LogP contribution in [0, 0.1) is 5.82 Å². The van der Waals surface area contributed by atoms with Gasteiger partial charge < -0.3 is 15.4 Å². The maximum atomic E-state index is 13.9. The summed E-state index contributed by atoms with van der Waals surface area (Å²) in [5.41, 5.74) is 0.206. The zero-order valence-corrected chi connectivity index (χ0v) is 15.2. The van der Waals surface area contributed by atoms with Gasteiger partial charge in [-0.05, 0) is 45.0 Å². The lowest BCUT2D eigenvalue weighted by atomic mass is 9.95. The molecular weight excluding hydrogens is 359 g/mol. The highest BCUT2D eigenvalue weighted by Gasteiger charge is 2.48. The van der Waals surface area contributed by atoms with E-state index in [1.807, 2.05) is 0 Å². The number of sulfone groups is 1. The third-order valence-electron chi connectivity index (χ3n) is 4.02. The fraction of sp³-hybridized carbons (Fsp3) is 0.533. The molecule has 1 aromatic rings. The lowest BCUT2D eigenvalue weighted by molar-refractivity contribution is -0.119. The number of benzene rings is 1. The van der Waals surface area contributed by atoms with Crippen LogP contribution in [-0.4, -0.2) is 45.0 Å². The highest BCUT2D eigenvalue weighted by Crippen LogP contribution is 2.30. The fourth-order valence-electron chi connectivity index (χ4n) is 2.69. The Morgan fingerprint density at radius 2 is 2.00 bits per heavy atom. The average molecular weight is 381 g/mol. The van der Waals surface area contributed by atoms with Gasteiger partial charge in [0.1, 0.15) is 0 Å². The van der Waals surface area contributed by atoms with Crippen LogP contribution in [0.15, 0.2) is 18.2 Å². The topological polar surface area (TPSA) is 84.5 Å². The fourth-order valence-corrected chi connectivity index (χ4v) is 4.03. The molecule has 1 amide bonds. The van der Waals surface area contributed by atoms with E-state index in [1.54, 1.807) is 6.92 Å². The van der Waals surface area contributed by atoms with Crippen molar-refractivity contribution >= 4 is 33.8 Å². The Bertz CT molecular complexity index is 691. The van der Waals surface area contributed by atoms with E-state index < -0.39 is 26.3 Å². The zero-order valence-electron chi connectivity index (χ0n) is 13.6. The largest absolute Gasteiger partial charge is 0.491 e. The van der Waals surface area contributed by atoms with Crippen molar-refractivity contribution in [2.45, 2.75) is 24.5 Å². The van der Waals surface area contributed by atoms with Crippen LogP contribution in [0.5, 0.6) is 5.75 Å². The van der Waals surface area contributed by atoms with E-state index in [2.05, 4.69) is 10.6 Å². The van der Waals surface area contributed by atoms with Gasteiger partial charge in [-0.2, -0.15) is 0 Å². The zero-order chi connectivity index (χ0) is 17.1. The van der Waals surface area contributed by atoms with Gasteiger partial charge in [0.2, 0.25) is 5.91 Å². The smallest absolute Gasteiger partial charge is 0.245 e. The van der Waals surface area contributed by atoms with Crippen LogP contribution in [0.4, 0.5) is 10.1 Å². The van der Waals surface area contributed by atoms with E-state index >= 15 is 0 Å². The first-order valence-corrected chi connectivity index (χ1v) is 9.33. The second kappa shape index (κ2) is 8.13. The second-order valence-corrected chi connectivity index (χ2v) is 7.87. The Kier molecular flexibility index (Phi) is 7.00. The Labute approximate surface area is 147 Å². The second-order valence-electron chi connectivity index (χ2n) is 5.55. The summed E-state index contributed by atoms with van der Waals surface area (Å²) in [6.07, 6.45) is 1.45. The summed E-state index contributed by atoms with van der Waals surface area (Å²) >= 11 is 0. The molecule has 0 saturated carbocycles. The number of carbonyl (C=O) groups excluding carboxylic acids is 1. The van der Waals surface area contributed by atoms with Crippen LogP contribution >= 0.6 is 12.4 Å². The molecule has 0 spiro atoms. The predicted molar refractivity (Wildman–Crippen MR) is 93.1 cm³/mol. The minimum atomic E-state index is -3.60. The number of halogens is 2. The molecule has 0 radical (unpaired) electrons. The first-order chi connectivity index (χ1) is 10.8. The van der Waals surface area contributed by atoms with Gasteiger partial charge in [0.25, 0.3) is 0 Å². The highest BCUT2D eigenvalue weighted by molar-refractivity contribution is 7.92.